The Morgan fingerprint density at radius 1 is 1.64 bits per heavy atom. The molecule has 1 N–H and O–H groups in total. The first-order valence-corrected chi connectivity index (χ1v) is 4.41. The molecule has 0 spiro atoms. The van der Waals surface area contributed by atoms with Gasteiger partial charge in [-0.2, -0.15) is 0 Å². The number of aromatic carboxylic acids is 1. The molecule has 0 aliphatic rings. The van der Waals surface area contributed by atoms with Crippen molar-refractivity contribution in [3.8, 4) is 0 Å². The van der Waals surface area contributed by atoms with E-state index in [0.29, 0.717) is 0 Å². The van der Waals surface area contributed by atoms with Gasteiger partial charge in [0, 0.05) is 5.69 Å². The Morgan fingerprint density at radius 3 is 2.64 bits per heavy atom. The van der Waals surface area contributed by atoms with Crippen molar-refractivity contribution in [1.82, 2.24) is 4.98 Å². The van der Waals surface area contributed by atoms with Gasteiger partial charge in [-0.15, -0.1) is 0 Å². The van der Waals surface area contributed by atoms with Crippen LogP contribution in [0.1, 0.15) is 28.2 Å². The topological polar surface area (TPSA) is 50.2 Å². The van der Waals surface area contributed by atoms with Crippen molar-refractivity contribution in [2.24, 2.45) is 0 Å². The van der Waals surface area contributed by atoms with Gasteiger partial charge >= 0.3 is 5.97 Å². The number of pyridine rings is 1. The Balaban J connectivity index is 3.40. The van der Waals surface area contributed by atoms with E-state index in [-0.39, 0.29) is 15.7 Å². The number of carbonyl (C=O) groups is 1. The highest BCUT2D eigenvalue weighted by atomic mass is 79.9. The molecule has 0 aliphatic carbocycles. The molecular formula is C8H6BrF2NO2. The Kier molecular flexibility index (Phi) is 3.15. The highest BCUT2D eigenvalue weighted by Crippen LogP contribution is 2.28. The highest BCUT2D eigenvalue weighted by molar-refractivity contribution is 9.10. The van der Waals surface area contributed by atoms with Crippen molar-refractivity contribution >= 4 is 21.9 Å². The standard InChI is InChI=1S/C8H6BrF2NO2/c1-3-2-4(8(13)14)5(9)6(12-3)7(10)11/h2,7H,1H3,(H,13,14). The zero-order valence-corrected chi connectivity index (χ0v) is 8.68. The molecule has 0 saturated carbocycles. The number of carboxylic acids is 1. The van der Waals surface area contributed by atoms with Crippen molar-refractivity contribution in [1.29, 1.82) is 0 Å². The number of rotatable bonds is 2. The van der Waals surface area contributed by atoms with Crippen LogP contribution in [0.2, 0.25) is 0 Å². The largest absolute Gasteiger partial charge is 0.478 e. The number of hydrogen-bond donors (Lipinski definition) is 1. The van der Waals surface area contributed by atoms with Crippen LogP contribution in [0.5, 0.6) is 0 Å². The van der Waals surface area contributed by atoms with Crippen LogP contribution in [0.15, 0.2) is 10.5 Å². The maximum absolute atomic E-state index is 12.4. The third-order valence-electron chi connectivity index (χ3n) is 1.55. The Morgan fingerprint density at radius 2 is 2.21 bits per heavy atom. The molecule has 14 heavy (non-hydrogen) atoms. The number of halogens is 3. The first-order valence-electron chi connectivity index (χ1n) is 3.62. The fourth-order valence-corrected chi connectivity index (χ4v) is 1.53. The second-order valence-corrected chi connectivity index (χ2v) is 3.41. The van der Waals surface area contributed by atoms with E-state index in [2.05, 4.69) is 20.9 Å². The van der Waals surface area contributed by atoms with Crippen LogP contribution >= 0.6 is 15.9 Å². The summed E-state index contributed by atoms with van der Waals surface area (Å²) in [6.45, 7) is 1.46. The molecule has 0 radical (unpaired) electrons. The zero-order chi connectivity index (χ0) is 10.9. The molecule has 0 fully saturated rings. The van der Waals surface area contributed by atoms with Crippen molar-refractivity contribution in [2.75, 3.05) is 0 Å². The van der Waals surface area contributed by atoms with Crippen LogP contribution in [0, 0.1) is 6.92 Å². The van der Waals surface area contributed by atoms with Crippen LogP contribution in [0.25, 0.3) is 0 Å². The Hall–Kier alpha value is -1.04. The van der Waals surface area contributed by atoms with Gasteiger partial charge in [-0.05, 0) is 28.9 Å². The van der Waals surface area contributed by atoms with E-state index in [0.717, 1.165) is 0 Å². The zero-order valence-electron chi connectivity index (χ0n) is 7.09. The highest BCUT2D eigenvalue weighted by Gasteiger charge is 2.20. The molecule has 76 valence electrons. The normalized spacial score (nSPS) is 10.6. The number of aryl methyl sites for hydroxylation is 1. The van der Waals surface area contributed by atoms with Crippen molar-refractivity contribution < 1.29 is 18.7 Å². The maximum atomic E-state index is 12.4. The number of aromatic nitrogens is 1. The van der Waals surface area contributed by atoms with Gasteiger partial charge in [0.25, 0.3) is 6.43 Å². The molecule has 0 unspecified atom stereocenters. The summed E-state index contributed by atoms with van der Waals surface area (Å²) in [4.78, 5) is 14.2. The fraction of sp³-hybridized carbons (Fsp3) is 0.250. The number of alkyl halides is 2. The third kappa shape index (κ3) is 2.06. The molecule has 1 aromatic rings. The molecule has 0 atom stereocenters. The van der Waals surface area contributed by atoms with E-state index in [9.17, 15) is 13.6 Å². The van der Waals surface area contributed by atoms with E-state index in [4.69, 9.17) is 5.11 Å². The molecule has 0 aromatic carbocycles. The smallest absolute Gasteiger partial charge is 0.336 e. The van der Waals surface area contributed by atoms with Gasteiger partial charge in [0.1, 0.15) is 5.69 Å². The molecule has 1 aromatic heterocycles. The van der Waals surface area contributed by atoms with Gasteiger partial charge in [0.05, 0.1) is 10.0 Å². The van der Waals surface area contributed by atoms with E-state index in [1.165, 1.54) is 13.0 Å². The average Bonchev–Trinajstić information content (AvgIpc) is 2.07. The lowest BCUT2D eigenvalue weighted by molar-refractivity contribution is 0.0694. The summed E-state index contributed by atoms with van der Waals surface area (Å²) in [7, 11) is 0. The van der Waals surface area contributed by atoms with Crippen molar-refractivity contribution in [2.45, 2.75) is 13.3 Å². The lowest BCUT2D eigenvalue weighted by Gasteiger charge is -2.06. The molecule has 0 amide bonds. The molecule has 1 heterocycles. The van der Waals surface area contributed by atoms with Crippen LogP contribution in [0.4, 0.5) is 8.78 Å². The molecule has 1 rings (SSSR count). The van der Waals surface area contributed by atoms with E-state index >= 15 is 0 Å². The number of hydrogen-bond acceptors (Lipinski definition) is 2. The lowest BCUT2D eigenvalue weighted by atomic mass is 10.2. The predicted octanol–water partition coefficient (Wildman–Crippen LogP) is 2.79. The first kappa shape index (κ1) is 11.0. The lowest BCUT2D eigenvalue weighted by Crippen LogP contribution is -2.04. The van der Waals surface area contributed by atoms with Crippen LogP contribution in [0.3, 0.4) is 0 Å². The minimum Gasteiger partial charge on any atom is -0.478 e. The maximum Gasteiger partial charge on any atom is 0.336 e. The Bertz CT molecular complexity index is 382. The molecule has 0 aliphatic heterocycles. The van der Waals surface area contributed by atoms with Gasteiger partial charge in [-0.25, -0.2) is 13.6 Å². The molecular weight excluding hydrogens is 260 g/mol. The molecule has 0 saturated heterocycles. The summed E-state index contributed by atoms with van der Waals surface area (Å²) >= 11 is 2.79. The minimum atomic E-state index is -2.79. The van der Waals surface area contributed by atoms with E-state index in [1.54, 1.807) is 0 Å². The first-order chi connectivity index (χ1) is 6.43. The summed E-state index contributed by atoms with van der Waals surface area (Å²) in [5.41, 5.74) is -0.490. The summed E-state index contributed by atoms with van der Waals surface area (Å²) in [6.07, 6.45) is -2.79. The molecule has 3 nitrogen and oxygen atoms in total. The van der Waals surface area contributed by atoms with Crippen molar-refractivity contribution in [3.05, 3.63) is 27.5 Å². The van der Waals surface area contributed by atoms with Gasteiger partial charge in [-0.3, -0.25) is 4.98 Å². The monoisotopic (exact) mass is 265 g/mol. The average molecular weight is 266 g/mol. The van der Waals surface area contributed by atoms with Gasteiger partial charge < -0.3 is 5.11 Å². The van der Waals surface area contributed by atoms with Gasteiger partial charge in [0.15, 0.2) is 0 Å². The second-order valence-electron chi connectivity index (χ2n) is 2.62. The predicted molar refractivity (Wildman–Crippen MR) is 48.6 cm³/mol. The Labute approximate surface area is 86.9 Å². The van der Waals surface area contributed by atoms with Crippen LogP contribution in [-0.4, -0.2) is 16.1 Å². The number of carboxylic acid groups (broad SMARTS) is 1. The second kappa shape index (κ2) is 4.00. The number of nitrogens with zero attached hydrogens (tertiary/aromatic N) is 1. The van der Waals surface area contributed by atoms with Gasteiger partial charge in [0.2, 0.25) is 0 Å². The van der Waals surface area contributed by atoms with E-state index in [1.807, 2.05) is 0 Å². The SMILES string of the molecule is Cc1cc(C(=O)O)c(Br)c(C(F)F)n1. The fourth-order valence-electron chi connectivity index (χ4n) is 0.982. The molecule has 0 bridgehead atoms. The van der Waals surface area contributed by atoms with Crippen molar-refractivity contribution in [3.63, 3.8) is 0 Å². The summed E-state index contributed by atoms with van der Waals surface area (Å²) in [5.74, 6) is -1.26. The van der Waals surface area contributed by atoms with E-state index < -0.39 is 18.1 Å². The quantitative estimate of drug-likeness (QED) is 0.895. The summed E-state index contributed by atoms with van der Waals surface area (Å²) in [6, 6.07) is 1.23. The minimum absolute atomic E-state index is 0.161. The third-order valence-corrected chi connectivity index (χ3v) is 2.38. The van der Waals surface area contributed by atoms with Crippen LogP contribution < -0.4 is 0 Å². The van der Waals surface area contributed by atoms with Crippen LogP contribution in [-0.2, 0) is 0 Å². The summed E-state index contributed by atoms with van der Waals surface area (Å²) < 4.78 is 24.6. The summed E-state index contributed by atoms with van der Waals surface area (Å²) in [5, 5.41) is 8.69. The molecule has 6 heteroatoms. The van der Waals surface area contributed by atoms with Gasteiger partial charge in [-0.1, -0.05) is 0 Å².